The number of pyridine rings is 1. The normalized spacial score (nSPS) is 18.2. The van der Waals surface area contributed by atoms with E-state index in [0.29, 0.717) is 12.4 Å². The number of aromatic nitrogens is 1. The van der Waals surface area contributed by atoms with Crippen molar-refractivity contribution in [3.8, 4) is 0 Å². The summed E-state index contributed by atoms with van der Waals surface area (Å²) in [5.41, 5.74) is 5.45. The van der Waals surface area contributed by atoms with Crippen molar-refractivity contribution in [1.29, 1.82) is 0 Å². The molecule has 1 aromatic rings. The third-order valence-corrected chi connectivity index (χ3v) is 6.00. The molecule has 0 atom stereocenters. The summed E-state index contributed by atoms with van der Waals surface area (Å²) in [6, 6.07) is 3.00. The van der Waals surface area contributed by atoms with Crippen LogP contribution in [0.3, 0.4) is 0 Å². The summed E-state index contributed by atoms with van der Waals surface area (Å²) >= 11 is 0. The lowest BCUT2D eigenvalue weighted by atomic mass is 9.75. The monoisotopic (exact) mass is 298 g/mol. The van der Waals surface area contributed by atoms with Crippen molar-refractivity contribution in [3.05, 3.63) is 18.3 Å². The number of anilines is 1. The molecule has 0 unspecified atom stereocenters. The van der Waals surface area contributed by atoms with Crippen molar-refractivity contribution in [3.63, 3.8) is 0 Å². The molecule has 1 aliphatic rings. The second kappa shape index (κ2) is 5.31. The Labute approximate surface area is 120 Å². The van der Waals surface area contributed by atoms with E-state index in [1.165, 1.54) is 22.6 Å². The maximum atomic E-state index is 12.5. The van der Waals surface area contributed by atoms with Gasteiger partial charge in [-0.3, -0.25) is 0 Å². The van der Waals surface area contributed by atoms with Crippen LogP contribution in [0.2, 0.25) is 0 Å². The Balaban J connectivity index is 2.19. The van der Waals surface area contributed by atoms with Gasteiger partial charge in [-0.1, -0.05) is 0 Å². The van der Waals surface area contributed by atoms with Crippen LogP contribution in [-0.2, 0) is 10.0 Å². The van der Waals surface area contributed by atoms with Gasteiger partial charge in [-0.15, -0.1) is 0 Å². The van der Waals surface area contributed by atoms with Gasteiger partial charge in [0.2, 0.25) is 10.0 Å². The Morgan fingerprint density at radius 3 is 2.35 bits per heavy atom. The molecule has 0 bridgehead atoms. The number of hydrogen-bond donors (Lipinski definition) is 1. The van der Waals surface area contributed by atoms with Crippen molar-refractivity contribution in [2.24, 2.45) is 0 Å². The van der Waals surface area contributed by atoms with Gasteiger partial charge in [0.25, 0.3) is 0 Å². The molecule has 0 saturated heterocycles. The zero-order chi connectivity index (χ0) is 15.0. The van der Waals surface area contributed by atoms with Crippen LogP contribution in [0.15, 0.2) is 23.2 Å². The topological polar surface area (TPSA) is 79.5 Å². The standard InChI is InChI=1S/C13H22N4O2S/c1-16(2)13(7-4-8-13)10-17(3)20(18,19)11-5-6-12(14)15-9-11/h5-6,9H,4,7-8,10H2,1-3H3,(H2,14,15). The molecule has 1 fully saturated rings. The Bertz CT molecular complexity index is 565. The number of nitrogens with zero attached hydrogens (tertiary/aromatic N) is 3. The Hall–Kier alpha value is -1.18. The number of rotatable bonds is 5. The van der Waals surface area contributed by atoms with Crippen molar-refractivity contribution in [2.45, 2.75) is 29.7 Å². The molecule has 0 spiro atoms. The molecule has 1 heterocycles. The first-order valence-electron chi connectivity index (χ1n) is 6.63. The van der Waals surface area contributed by atoms with E-state index < -0.39 is 10.0 Å². The lowest BCUT2D eigenvalue weighted by Gasteiger charge is -2.48. The van der Waals surface area contributed by atoms with Crippen LogP contribution >= 0.6 is 0 Å². The summed E-state index contributed by atoms with van der Waals surface area (Å²) in [6.45, 7) is 0.493. The predicted octanol–water partition coefficient (Wildman–Crippen LogP) is 0.769. The van der Waals surface area contributed by atoms with Gasteiger partial charge in [0.15, 0.2) is 0 Å². The lowest BCUT2D eigenvalue weighted by molar-refractivity contribution is 0.0455. The minimum absolute atomic E-state index is 0.0386. The summed E-state index contributed by atoms with van der Waals surface area (Å²) in [6.07, 6.45) is 4.51. The highest BCUT2D eigenvalue weighted by molar-refractivity contribution is 7.89. The highest BCUT2D eigenvalue weighted by Crippen LogP contribution is 2.37. The summed E-state index contributed by atoms with van der Waals surface area (Å²) in [5, 5.41) is 0. The van der Waals surface area contributed by atoms with E-state index >= 15 is 0 Å². The first-order valence-corrected chi connectivity index (χ1v) is 8.07. The summed E-state index contributed by atoms with van der Waals surface area (Å²) in [5.74, 6) is 0.315. The van der Waals surface area contributed by atoms with E-state index in [9.17, 15) is 8.42 Å². The molecule has 0 aromatic carbocycles. The van der Waals surface area contributed by atoms with Crippen LogP contribution < -0.4 is 5.73 Å². The van der Waals surface area contributed by atoms with Crippen molar-refractivity contribution in [2.75, 3.05) is 33.4 Å². The van der Waals surface area contributed by atoms with Crippen molar-refractivity contribution < 1.29 is 8.42 Å². The van der Waals surface area contributed by atoms with Crippen molar-refractivity contribution in [1.82, 2.24) is 14.2 Å². The van der Waals surface area contributed by atoms with Gasteiger partial charge in [0.05, 0.1) is 0 Å². The fourth-order valence-electron chi connectivity index (χ4n) is 2.56. The number of nitrogen functional groups attached to an aromatic ring is 1. The molecule has 0 aliphatic heterocycles. The molecule has 20 heavy (non-hydrogen) atoms. The fourth-order valence-corrected chi connectivity index (χ4v) is 3.75. The van der Waals surface area contributed by atoms with Crippen LogP contribution in [-0.4, -0.2) is 55.8 Å². The summed E-state index contributed by atoms with van der Waals surface area (Å²) < 4.78 is 26.4. The number of sulfonamides is 1. The Morgan fingerprint density at radius 2 is 1.95 bits per heavy atom. The van der Waals surface area contributed by atoms with Crippen LogP contribution in [0.1, 0.15) is 19.3 Å². The fraction of sp³-hybridized carbons (Fsp3) is 0.615. The number of nitrogens with two attached hydrogens (primary N) is 1. The second-order valence-electron chi connectivity index (χ2n) is 5.65. The van der Waals surface area contributed by atoms with Gasteiger partial charge in [0, 0.05) is 25.3 Å². The average Bonchev–Trinajstić information content (AvgIpc) is 2.33. The summed E-state index contributed by atoms with van der Waals surface area (Å²) in [7, 11) is 2.12. The molecule has 1 aliphatic carbocycles. The highest BCUT2D eigenvalue weighted by atomic mass is 32.2. The third-order valence-electron chi connectivity index (χ3n) is 4.22. The summed E-state index contributed by atoms with van der Waals surface area (Å²) in [4.78, 5) is 6.17. The first kappa shape index (κ1) is 15.2. The van der Waals surface area contributed by atoms with Gasteiger partial charge >= 0.3 is 0 Å². The molecule has 1 saturated carbocycles. The maximum absolute atomic E-state index is 12.5. The van der Waals surface area contributed by atoms with Gasteiger partial charge in [-0.05, 0) is 45.5 Å². The molecule has 6 nitrogen and oxygen atoms in total. The van der Waals surface area contributed by atoms with Crippen LogP contribution in [0.5, 0.6) is 0 Å². The SMILES string of the molecule is CN(C)C1(CN(C)S(=O)(=O)c2ccc(N)nc2)CCC1. The van der Waals surface area contributed by atoms with E-state index in [4.69, 9.17) is 5.73 Å². The molecule has 2 rings (SSSR count). The van der Waals surface area contributed by atoms with E-state index in [-0.39, 0.29) is 10.4 Å². The van der Waals surface area contributed by atoms with Crippen LogP contribution in [0, 0.1) is 0 Å². The molecular weight excluding hydrogens is 276 g/mol. The molecule has 2 N–H and O–H groups in total. The second-order valence-corrected chi connectivity index (χ2v) is 7.70. The van der Waals surface area contributed by atoms with Gasteiger partial charge < -0.3 is 10.6 Å². The first-order chi connectivity index (χ1) is 9.28. The lowest BCUT2D eigenvalue weighted by Crippen LogP contribution is -2.57. The molecular formula is C13H22N4O2S. The molecule has 0 radical (unpaired) electrons. The number of hydrogen-bond acceptors (Lipinski definition) is 5. The Morgan fingerprint density at radius 1 is 1.30 bits per heavy atom. The van der Waals surface area contributed by atoms with Gasteiger partial charge in [-0.2, -0.15) is 4.31 Å². The van der Waals surface area contributed by atoms with Crippen molar-refractivity contribution >= 4 is 15.8 Å². The van der Waals surface area contributed by atoms with Gasteiger partial charge in [-0.25, -0.2) is 13.4 Å². The quantitative estimate of drug-likeness (QED) is 0.868. The number of likely N-dealkylation sites (N-methyl/N-ethyl adjacent to an activating group) is 2. The Kier molecular flexibility index (Phi) is 4.04. The van der Waals surface area contributed by atoms with Crippen LogP contribution in [0.4, 0.5) is 5.82 Å². The minimum atomic E-state index is -3.51. The highest BCUT2D eigenvalue weighted by Gasteiger charge is 2.42. The van der Waals surface area contributed by atoms with E-state index in [1.54, 1.807) is 7.05 Å². The molecule has 7 heteroatoms. The smallest absolute Gasteiger partial charge is 0.244 e. The largest absolute Gasteiger partial charge is 0.384 e. The van der Waals surface area contributed by atoms with Gasteiger partial charge in [0.1, 0.15) is 10.7 Å². The maximum Gasteiger partial charge on any atom is 0.244 e. The minimum Gasteiger partial charge on any atom is -0.384 e. The zero-order valence-corrected chi connectivity index (χ0v) is 13.0. The molecule has 1 aromatic heterocycles. The molecule has 112 valence electrons. The zero-order valence-electron chi connectivity index (χ0n) is 12.2. The predicted molar refractivity (Wildman–Crippen MR) is 78.7 cm³/mol. The van der Waals surface area contributed by atoms with E-state index in [2.05, 4.69) is 9.88 Å². The van der Waals surface area contributed by atoms with E-state index in [0.717, 1.165) is 19.3 Å². The average molecular weight is 298 g/mol. The van der Waals surface area contributed by atoms with E-state index in [1.807, 2.05) is 14.1 Å². The third kappa shape index (κ3) is 2.65. The molecule has 0 amide bonds. The van der Waals surface area contributed by atoms with Crippen LogP contribution in [0.25, 0.3) is 0 Å².